The summed E-state index contributed by atoms with van der Waals surface area (Å²) in [4.78, 5) is 48.8. The molecule has 2 aliphatic heterocycles. The number of hydroxylamine groups is 3. The molecule has 0 radical (unpaired) electrons. The number of hydrogen-bond acceptors (Lipinski definition) is 8. The van der Waals surface area contributed by atoms with Gasteiger partial charge in [-0.2, -0.15) is 10.5 Å². The van der Waals surface area contributed by atoms with Crippen LogP contribution < -0.4 is 5.48 Å². The first-order valence-electron chi connectivity index (χ1n) is 15.0. The zero-order valence-corrected chi connectivity index (χ0v) is 24.6. The van der Waals surface area contributed by atoms with Crippen LogP contribution in [0.5, 0.6) is 0 Å². The average Bonchev–Trinajstić information content (AvgIpc) is 3.26. The lowest BCUT2D eigenvalue weighted by Crippen LogP contribution is -2.45. The summed E-state index contributed by atoms with van der Waals surface area (Å²) < 4.78 is 10.1. The van der Waals surface area contributed by atoms with Crippen molar-refractivity contribution in [3.8, 4) is 0 Å². The van der Waals surface area contributed by atoms with Crippen molar-refractivity contribution in [2.24, 2.45) is 5.92 Å². The third-order valence-electron chi connectivity index (χ3n) is 7.77. The molecule has 10 nitrogen and oxygen atoms in total. The highest BCUT2D eigenvalue weighted by atomic mass is 16.7. The standard InChI is InChI=1S/C16H20N2O4.C16H23NO3.CH4/c1-2-21-15(19)14-9-8-13-10-17(14)16(20)18(13)22-11-12-6-4-3-5-7-12;1-2-19-16(18)14-8-10-15(11-9-14)17-20-12-13-6-4-3-5-7-13;/h3-7,13-14H,2,8-11H2,1H3;3-7,14-15,17H,2,8-12H2,1H3;1H4/t13-,14+;;/m1../s1. The van der Waals surface area contributed by atoms with Gasteiger partial charge in [0.1, 0.15) is 12.6 Å². The minimum atomic E-state index is -0.478. The second-order valence-electron chi connectivity index (χ2n) is 10.7. The van der Waals surface area contributed by atoms with Crippen LogP contribution in [0.15, 0.2) is 60.7 Å². The number of carbonyl (C=O) groups is 3. The summed E-state index contributed by atoms with van der Waals surface area (Å²) in [6.45, 7) is 5.86. The van der Waals surface area contributed by atoms with E-state index in [1.54, 1.807) is 11.8 Å². The lowest BCUT2D eigenvalue weighted by Gasteiger charge is -2.28. The molecule has 10 heteroatoms. The summed E-state index contributed by atoms with van der Waals surface area (Å²) in [6, 6.07) is 19.4. The van der Waals surface area contributed by atoms with Crippen LogP contribution >= 0.6 is 0 Å². The van der Waals surface area contributed by atoms with Crippen LogP contribution in [0, 0.1) is 5.92 Å². The van der Waals surface area contributed by atoms with E-state index >= 15 is 0 Å². The normalized spacial score (nSPS) is 22.6. The van der Waals surface area contributed by atoms with E-state index in [-0.39, 0.29) is 37.4 Å². The molecule has 43 heavy (non-hydrogen) atoms. The number of rotatable bonds is 11. The van der Waals surface area contributed by atoms with Crippen molar-refractivity contribution in [2.75, 3.05) is 19.8 Å². The van der Waals surface area contributed by atoms with E-state index in [1.165, 1.54) is 5.06 Å². The Labute approximate surface area is 255 Å². The first-order chi connectivity index (χ1) is 20.5. The molecule has 2 saturated heterocycles. The van der Waals surface area contributed by atoms with Crippen LogP contribution in [0.25, 0.3) is 0 Å². The third kappa shape index (κ3) is 9.77. The molecule has 3 aliphatic rings. The van der Waals surface area contributed by atoms with Gasteiger partial charge < -0.3 is 14.4 Å². The van der Waals surface area contributed by atoms with Crippen LogP contribution in [0.2, 0.25) is 0 Å². The number of nitrogens with one attached hydrogen (secondary N) is 1. The van der Waals surface area contributed by atoms with Crippen molar-refractivity contribution in [3.63, 3.8) is 0 Å². The number of amides is 2. The molecule has 2 aromatic rings. The molecule has 236 valence electrons. The summed E-state index contributed by atoms with van der Waals surface area (Å²) >= 11 is 0. The van der Waals surface area contributed by atoms with Gasteiger partial charge in [0, 0.05) is 12.6 Å². The number of benzene rings is 2. The van der Waals surface area contributed by atoms with Crippen LogP contribution in [-0.2, 0) is 42.0 Å². The number of esters is 2. The van der Waals surface area contributed by atoms with Crippen molar-refractivity contribution in [2.45, 2.75) is 91.1 Å². The molecular weight excluding hydrogens is 550 g/mol. The highest BCUT2D eigenvalue weighted by Crippen LogP contribution is 2.31. The summed E-state index contributed by atoms with van der Waals surface area (Å²) in [5, 5.41) is 1.42. The smallest absolute Gasteiger partial charge is 0.345 e. The second-order valence-corrected chi connectivity index (χ2v) is 10.7. The maximum Gasteiger partial charge on any atom is 0.345 e. The Kier molecular flexibility index (Phi) is 13.9. The fraction of sp³-hybridized carbons (Fsp3) is 0.545. The molecule has 3 fully saturated rings. The van der Waals surface area contributed by atoms with Crippen LogP contribution in [-0.4, -0.2) is 65.8 Å². The van der Waals surface area contributed by atoms with Gasteiger partial charge in [-0.15, -0.1) is 0 Å². The predicted molar refractivity (Wildman–Crippen MR) is 162 cm³/mol. The van der Waals surface area contributed by atoms with Crippen molar-refractivity contribution < 1.29 is 33.5 Å². The molecule has 2 aromatic carbocycles. The zero-order valence-electron chi connectivity index (χ0n) is 24.6. The van der Waals surface area contributed by atoms with Gasteiger partial charge in [-0.3, -0.25) is 14.5 Å². The Morgan fingerprint density at radius 2 is 1.37 bits per heavy atom. The topological polar surface area (TPSA) is 107 Å². The summed E-state index contributed by atoms with van der Waals surface area (Å²) in [7, 11) is 0. The Morgan fingerprint density at radius 3 is 1.98 bits per heavy atom. The maximum atomic E-state index is 12.4. The molecule has 2 heterocycles. The van der Waals surface area contributed by atoms with Gasteiger partial charge in [0.25, 0.3) is 0 Å². The maximum absolute atomic E-state index is 12.4. The molecule has 0 aromatic heterocycles. The SMILES string of the molecule is C.CCOC(=O)C1CCC(NOCc2ccccc2)CC1.CCOC(=O)[C@@H]1CC[C@@H]2CN1C(=O)N2OCc1ccccc1. The Balaban J connectivity index is 0.000000231. The van der Waals surface area contributed by atoms with Gasteiger partial charge in [-0.25, -0.2) is 9.59 Å². The first-order valence-corrected chi connectivity index (χ1v) is 15.0. The number of hydrogen-bond donors (Lipinski definition) is 1. The highest BCUT2D eigenvalue weighted by molar-refractivity contribution is 5.85. The van der Waals surface area contributed by atoms with Crippen molar-refractivity contribution in [1.82, 2.24) is 15.4 Å². The molecule has 5 rings (SSSR count). The minimum absolute atomic E-state index is 0. The Bertz CT molecular complexity index is 1130. The summed E-state index contributed by atoms with van der Waals surface area (Å²) in [5.41, 5.74) is 5.27. The molecule has 2 bridgehead atoms. The average molecular weight is 598 g/mol. The Hall–Kier alpha value is -3.47. The number of nitrogens with zero attached hydrogens (tertiary/aromatic N) is 2. The number of urea groups is 1. The second kappa shape index (κ2) is 17.6. The van der Waals surface area contributed by atoms with Crippen LogP contribution in [0.1, 0.15) is 70.9 Å². The third-order valence-corrected chi connectivity index (χ3v) is 7.77. The molecule has 0 spiro atoms. The predicted octanol–water partition coefficient (Wildman–Crippen LogP) is 5.42. The molecule has 0 unspecified atom stereocenters. The summed E-state index contributed by atoms with van der Waals surface area (Å²) in [6.07, 6.45) is 5.05. The quantitative estimate of drug-likeness (QED) is 0.271. The zero-order chi connectivity index (χ0) is 29.7. The van der Waals surface area contributed by atoms with Gasteiger partial charge in [-0.05, 0) is 63.5 Å². The summed E-state index contributed by atoms with van der Waals surface area (Å²) in [5.74, 6) is -0.294. The number of ether oxygens (including phenoxy) is 2. The number of carbonyl (C=O) groups excluding carboxylic acids is 3. The number of piperidine rings is 1. The van der Waals surface area contributed by atoms with E-state index in [4.69, 9.17) is 19.1 Å². The lowest BCUT2D eigenvalue weighted by molar-refractivity contribution is -0.150. The lowest BCUT2D eigenvalue weighted by atomic mass is 9.86. The Morgan fingerprint density at radius 1 is 0.791 bits per heavy atom. The van der Waals surface area contributed by atoms with E-state index in [2.05, 4.69) is 5.48 Å². The monoisotopic (exact) mass is 597 g/mol. The van der Waals surface area contributed by atoms with E-state index in [0.717, 1.165) is 43.2 Å². The van der Waals surface area contributed by atoms with Gasteiger partial charge in [0.2, 0.25) is 0 Å². The van der Waals surface area contributed by atoms with E-state index < -0.39 is 6.04 Å². The largest absolute Gasteiger partial charge is 0.466 e. The number of fused-ring (bicyclic) bond motifs is 2. The van der Waals surface area contributed by atoms with E-state index in [0.29, 0.717) is 45.4 Å². The van der Waals surface area contributed by atoms with Gasteiger partial charge in [0.15, 0.2) is 0 Å². The molecular formula is C33H47N3O7. The highest BCUT2D eigenvalue weighted by Gasteiger charge is 2.48. The van der Waals surface area contributed by atoms with Gasteiger partial charge in [-0.1, -0.05) is 68.1 Å². The van der Waals surface area contributed by atoms with Crippen molar-refractivity contribution in [3.05, 3.63) is 71.8 Å². The van der Waals surface area contributed by atoms with Gasteiger partial charge in [0.05, 0.1) is 31.8 Å². The van der Waals surface area contributed by atoms with Crippen molar-refractivity contribution >= 4 is 18.0 Å². The molecule has 1 aliphatic carbocycles. The van der Waals surface area contributed by atoms with Crippen LogP contribution in [0.3, 0.4) is 0 Å². The fourth-order valence-electron chi connectivity index (χ4n) is 5.52. The molecule has 2 amide bonds. The minimum Gasteiger partial charge on any atom is -0.466 e. The van der Waals surface area contributed by atoms with E-state index in [9.17, 15) is 14.4 Å². The fourth-order valence-corrected chi connectivity index (χ4v) is 5.52. The van der Waals surface area contributed by atoms with Crippen LogP contribution in [0.4, 0.5) is 4.79 Å². The molecule has 2 atom stereocenters. The van der Waals surface area contributed by atoms with Crippen molar-refractivity contribution in [1.29, 1.82) is 0 Å². The molecule has 1 saturated carbocycles. The first kappa shape index (κ1) is 34.0. The van der Waals surface area contributed by atoms with Gasteiger partial charge >= 0.3 is 18.0 Å². The van der Waals surface area contributed by atoms with E-state index in [1.807, 2.05) is 67.6 Å². The molecule has 1 N–H and O–H groups in total.